The largest absolute Gasteiger partial charge is 0.493 e. The molecule has 0 saturated carbocycles. The van der Waals surface area contributed by atoms with E-state index in [9.17, 15) is 4.79 Å². The van der Waals surface area contributed by atoms with E-state index in [1.807, 2.05) is 54.6 Å². The molecule has 1 heterocycles. The predicted molar refractivity (Wildman–Crippen MR) is 102 cm³/mol. The highest BCUT2D eigenvalue weighted by Gasteiger charge is 2.32. The number of amides is 1. The second-order valence-electron chi connectivity index (χ2n) is 5.97. The first-order chi connectivity index (χ1) is 12.2. The lowest BCUT2D eigenvalue weighted by Gasteiger charge is -2.36. The summed E-state index contributed by atoms with van der Waals surface area (Å²) >= 11 is 0. The summed E-state index contributed by atoms with van der Waals surface area (Å²) in [6.45, 7) is 3.20. The maximum Gasteiger partial charge on any atom is 0.219 e. The Labute approximate surface area is 160 Å². The fraction of sp³-hybridized carbons (Fsp3) is 0.350. The van der Waals surface area contributed by atoms with Crippen molar-refractivity contribution in [1.29, 1.82) is 0 Å². The van der Waals surface area contributed by atoms with Crippen molar-refractivity contribution in [3.63, 3.8) is 0 Å². The third-order valence-corrected chi connectivity index (χ3v) is 4.33. The van der Waals surface area contributed by atoms with Gasteiger partial charge in [0.05, 0.1) is 20.3 Å². The van der Waals surface area contributed by atoms with Crippen molar-refractivity contribution in [2.75, 3.05) is 26.8 Å². The van der Waals surface area contributed by atoms with E-state index < -0.39 is 0 Å². The topological polar surface area (TPSA) is 48.0 Å². The van der Waals surface area contributed by atoms with Crippen LogP contribution in [0.25, 0.3) is 0 Å². The van der Waals surface area contributed by atoms with Crippen LogP contribution < -0.4 is 9.47 Å². The van der Waals surface area contributed by atoms with Crippen LogP contribution in [0.5, 0.6) is 11.5 Å². The first kappa shape index (κ1) is 20.1. The molecule has 0 bridgehead atoms. The molecule has 0 N–H and O–H groups in total. The van der Waals surface area contributed by atoms with Crippen molar-refractivity contribution < 1.29 is 19.0 Å². The molecule has 1 amide bonds. The van der Waals surface area contributed by atoms with Crippen molar-refractivity contribution in [3.8, 4) is 11.5 Å². The Morgan fingerprint density at radius 2 is 1.77 bits per heavy atom. The number of morpholine rings is 1. The van der Waals surface area contributed by atoms with Gasteiger partial charge in [0.2, 0.25) is 5.91 Å². The van der Waals surface area contributed by atoms with Crippen molar-refractivity contribution in [3.05, 3.63) is 60.2 Å². The first-order valence-corrected chi connectivity index (χ1v) is 8.41. The van der Waals surface area contributed by atoms with Gasteiger partial charge >= 0.3 is 0 Å². The molecule has 2 unspecified atom stereocenters. The van der Waals surface area contributed by atoms with Crippen LogP contribution in [0, 0.1) is 0 Å². The third kappa shape index (κ3) is 4.68. The second kappa shape index (κ2) is 9.46. The molecule has 1 fully saturated rings. The molecular formula is C20H24ClNO4. The first-order valence-electron chi connectivity index (χ1n) is 8.41. The number of benzene rings is 2. The van der Waals surface area contributed by atoms with Gasteiger partial charge in [-0.25, -0.2) is 0 Å². The molecule has 1 aliphatic heterocycles. The zero-order chi connectivity index (χ0) is 17.6. The van der Waals surface area contributed by atoms with E-state index in [1.165, 1.54) is 0 Å². The number of methoxy groups -OCH3 is 1. The van der Waals surface area contributed by atoms with Gasteiger partial charge in [0, 0.05) is 13.5 Å². The molecule has 0 radical (unpaired) electrons. The molecular weight excluding hydrogens is 354 g/mol. The zero-order valence-electron chi connectivity index (χ0n) is 15.0. The SMILES string of the molecule is COc1ccccc1OC(c1ccccc1)C1CN(C(C)=O)CCO1.Cl. The molecule has 6 heteroatoms. The molecule has 3 rings (SSSR count). The van der Waals surface area contributed by atoms with Crippen molar-refractivity contribution >= 4 is 18.3 Å². The lowest BCUT2D eigenvalue weighted by molar-refractivity contribution is -0.141. The summed E-state index contributed by atoms with van der Waals surface area (Å²) in [5, 5.41) is 0. The number of ether oxygens (including phenoxy) is 3. The van der Waals surface area contributed by atoms with Crippen molar-refractivity contribution in [1.82, 2.24) is 4.90 Å². The minimum Gasteiger partial charge on any atom is -0.493 e. The highest BCUT2D eigenvalue weighted by atomic mass is 35.5. The molecule has 140 valence electrons. The van der Waals surface area contributed by atoms with Crippen LogP contribution in [-0.2, 0) is 9.53 Å². The van der Waals surface area contributed by atoms with Crippen LogP contribution in [0.2, 0.25) is 0 Å². The lowest BCUT2D eigenvalue weighted by Crippen LogP contribution is -2.48. The van der Waals surface area contributed by atoms with Crippen LogP contribution in [0.15, 0.2) is 54.6 Å². The highest BCUT2D eigenvalue weighted by Crippen LogP contribution is 2.33. The molecule has 5 nitrogen and oxygen atoms in total. The van der Waals surface area contributed by atoms with Gasteiger partial charge in [0.25, 0.3) is 0 Å². The minimum absolute atomic E-state index is 0. The van der Waals surface area contributed by atoms with Gasteiger partial charge in [-0.2, -0.15) is 0 Å². The Kier molecular flexibility index (Phi) is 7.30. The number of hydrogen-bond acceptors (Lipinski definition) is 4. The molecule has 0 spiro atoms. The van der Waals surface area contributed by atoms with Crippen LogP contribution in [0.4, 0.5) is 0 Å². The summed E-state index contributed by atoms with van der Waals surface area (Å²) in [5.41, 5.74) is 1.00. The van der Waals surface area contributed by atoms with Crippen LogP contribution in [0.1, 0.15) is 18.6 Å². The molecule has 2 atom stereocenters. The van der Waals surface area contributed by atoms with Crippen molar-refractivity contribution in [2.24, 2.45) is 0 Å². The van der Waals surface area contributed by atoms with Crippen molar-refractivity contribution in [2.45, 2.75) is 19.1 Å². The number of carbonyl (C=O) groups excluding carboxylic acids is 1. The molecule has 26 heavy (non-hydrogen) atoms. The van der Waals surface area contributed by atoms with E-state index >= 15 is 0 Å². The number of para-hydroxylation sites is 2. The van der Waals surface area contributed by atoms with Gasteiger partial charge < -0.3 is 19.1 Å². The van der Waals surface area contributed by atoms with E-state index in [1.54, 1.807) is 18.9 Å². The smallest absolute Gasteiger partial charge is 0.219 e. The molecule has 0 aliphatic carbocycles. The average molecular weight is 378 g/mol. The number of carbonyl (C=O) groups is 1. The van der Waals surface area contributed by atoms with Crippen LogP contribution in [0.3, 0.4) is 0 Å². The lowest BCUT2D eigenvalue weighted by atomic mass is 10.0. The summed E-state index contributed by atoms with van der Waals surface area (Å²) in [4.78, 5) is 13.6. The Morgan fingerprint density at radius 1 is 1.12 bits per heavy atom. The molecule has 0 aromatic heterocycles. The predicted octanol–water partition coefficient (Wildman–Crippen LogP) is 3.48. The maximum atomic E-state index is 11.8. The van der Waals surface area contributed by atoms with Crippen LogP contribution in [-0.4, -0.2) is 43.7 Å². The van der Waals surface area contributed by atoms with Gasteiger partial charge in [-0.3, -0.25) is 4.79 Å². The number of rotatable bonds is 5. The van der Waals surface area contributed by atoms with E-state index in [0.717, 1.165) is 5.56 Å². The quantitative estimate of drug-likeness (QED) is 0.800. The Morgan fingerprint density at radius 3 is 2.42 bits per heavy atom. The van der Waals surface area contributed by atoms with E-state index in [-0.39, 0.29) is 30.5 Å². The third-order valence-electron chi connectivity index (χ3n) is 4.33. The fourth-order valence-electron chi connectivity index (χ4n) is 3.00. The average Bonchev–Trinajstić information content (AvgIpc) is 2.67. The van der Waals surface area contributed by atoms with Gasteiger partial charge in [0.1, 0.15) is 6.10 Å². The number of halogens is 1. The summed E-state index contributed by atoms with van der Waals surface area (Å²) in [6.07, 6.45) is -0.579. The van der Waals surface area contributed by atoms with Gasteiger partial charge in [-0.15, -0.1) is 12.4 Å². The van der Waals surface area contributed by atoms with Gasteiger partial charge in [0.15, 0.2) is 17.6 Å². The van der Waals surface area contributed by atoms with Crippen LogP contribution >= 0.6 is 12.4 Å². The summed E-state index contributed by atoms with van der Waals surface area (Å²) in [6, 6.07) is 17.5. The number of nitrogens with zero attached hydrogens (tertiary/aromatic N) is 1. The fourth-order valence-corrected chi connectivity index (χ4v) is 3.00. The van der Waals surface area contributed by atoms with E-state index in [4.69, 9.17) is 14.2 Å². The van der Waals surface area contributed by atoms with Gasteiger partial charge in [-0.05, 0) is 17.7 Å². The Hall–Kier alpha value is -2.24. The highest BCUT2D eigenvalue weighted by molar-refractivity contribution is 5.85. The second-order valence-corrected chi connectivity index (χ2v) is 5.97. The monoisotopic (exact) mass is 377 g/mol. The minimum atomic E-state index is -0.334. The maximum absolute atomic E-state index is 11.8. The zero-order valence-corrected chi connectivity index (χ0v) is 15.8. The molecule has 1 saturated heterocycles. The molecule has 2 aromatic carbocycles. The summed E-state index contributed by atoms with van der Waals surface area (Å²) in [5.74, 6) is 1.38. The summed E-state index contributed by atoms with van der Waals surface area (Å²) in [7, 11) is 1.62. The van der Waals surface area contributed by atoms with Gasteiger partial charge in [-0.1, -0.05) is 42.5 Å². The van der Waals surface area contributed by atoms with E-state index in [0.29, 0.717) is 31.2 Å². The summed E-state index contributed by atoms with van der Waals surface area (Å²) < 4.78 is 17.7. The molecule has 2 aromatic rings. The Balaban J connectivity index is 0.00000243. The van der Waals surface area contributed by atoms with E-state index in [2.05, 4.69) is 0 Å². The number of hydrogen-bond donors (Lipinski definition) is 0. The molecule has 1 aliphatic rings. The normalized spacial score (nSPS) is 17.8. The standard InChI is InChI=1S/C20H23NO4.ClH/c1-15(22)21-12-13-24-19(14-21)20(16-8-4-3-5-9-16)25-18-11-7-6-10-17(18)23-2;/h3-11,19-20H,12-14H2,1-2H3;1H. The Bertz CT molecular complexity index is 710.